The van der Waals surface area contributed by atoms with E-state index in [4.69, 9.17) is 0 Å². The molecule has 0 saturated heterocycles. The molecule has 34 heavy (non-hydrogen) atoms. The molecule has 2 aromatic carbocycles. The van der Waals surface area contributed by atoms with Crippen molar-refractivity contribution in [3.8, 4) is 17.6 Å². The molecule has 0 N–H and O–H groups in total. The molecule has 1 atom stereocenters. The molecule has 2 aliphatic carbocycles. The molecule has 2 aromatic rings. The van der Waals surface area contributed by atoms with E-state index < -0.39 is 6.36 Å². The molecule has 0 radical (unpaired) electrons. The zero-order valence-corrected chi connectivity index (χ0v) is 19.7. The standard InChI is InChI=1S/C29H32F4O/c1-2-3-4-20-5-10-22(11-6-20)24-15-18-27-25(19-24)14-13-23(28(27)30)12-7-21-8-16-26(17-9-21)34-29(31,32)33/h8-9,13-14,16-17,20,22,24H,2-6,10-11,15,18-19H2,1H3. The zero-order valence-electron chi connectivity index (χ0n) is 19.7. The summed E-state index contributed by atoms with van der Waals surface area (Å²) in [6.45, 7) is 2.26. The highest BCUT2D eigenvalue weighted by molar-refractivity contribution is 5.48. The number of hydrogen-bond donors (Lipinski definition) is 0. The minimum Gasteiger partial charge on any atom is -0.406 e. The molecule has 182 valence electrons. The average molecular weight is 473 g/mol. The Kier molecular flexibility index (Phi) is 7.86. The zero-order chi connectivity index (χ0) is 24.1. The summed E-state index contributed by atoms with van der Waals surface area (Å²) >= 11 is 0. The fraction of sp³-hybridized carbons (Fsp3) is 0.517. The van der Waals surface area contributed by atoms with Gasteiger partial charge in [0.2, 0.25) is 0 Å². The summed E-state index contributed by atoms with van der Waals surface area (Å²) in [4.78, 5) is 0. The van der Waals surface area contributed by atoms with Gasteiger partial charge in [0.05, 0.1) is 5.56 Å². The minimum atomic E-state index is -4.73. The Morgan fingerprint density at radius 2 is 1.65 bits per heavy atom. The number of alkyl halides is 3. The lowest BCUT2D eigenvalue weighted by molar-refractivity contribution is -0.274. The smallest absolute Gasteiger partial charge is 0.406 e. The van der Waals surface area contributed by atoms with Crippen molar-refractivity contribution in [2.75, 3.05) is 0 Å². The molecule has 0 heterocycles. The fourth-order valence-corrected chi connectivity index (χ4v) is 5.66. The van der Waals surface area contributed by atoms with Crippen LogP contribution >= 0.6 is 0 Å². The first-order valence-corrected chi connectivity index (χ1v) is 12.5. The van der Waals surface area contributed by atoms with Gasteiger partial charge in [0, 0.05) is 5.56 Å². The summed E-state index contributed by atoms with van der Waals surface area (Å²) in [5.74, 6) is 7.47. The largest absolute Gasteiger partial charge is 0.573 e. The van der Waals surface area contributed by atoms with E-state index in [1.54, 1.807) is 6.07 Å². The second-order valence-corrected chi connectivity index (χ2v) is 9.81. The van der Waals surface area contributed by atoms with Crippen molar-refractivity contribution in [2.45, 2.75) is 77.5 Å². The Bertz CT molecular complexity index is 1020. The maximum Gasteiger partial charge on any atom is 0.573 e. The second kappa shape index (κ2) is 10.8. The summed E-state index contributed by atoms with van der Waals surface area (Å²) in [5.41, 5.74) is 2.74. The summed E-state index contributed by atoms with van der Waals surface area (Å²) in [5, 5.41) is 0. The second-order valence-electron chi connectivity index (χ2n) is 9.81. The van der Waals surface area contributed by atoms with E-state index in [9.17, 15) is 13.2 Å². The molecular weight excluding hydrogens is 440 g/mol. The lowest BCUT2D eigenvalue weighted by Crippen LogP contribution is -2.27. The van der Waals surface area contributed by atoms with E-state index in [1.165, 1.54) is 69.2 Å². The van der Waals surface area contributed by atoms with Crippen molar-refractivity contribution in [1.29, 1.82) is 0 Å². The van der Waals surface area contributed by atoms with Crippen molar-refractivity contribution in [1.82, 2.24) is 0 Å². The summed E-state index contributed by atoms with van der Waals surface area (Å²) in [7, 11) is 0. The Labute approximate surface area is 199 Å². The van der Waals surface area contributed by atoms with Crippen molar-refractivity contribution >= 4 is 0 Å². The Morgan fingerprint density at radius 1 is 0.912 bits per heavy atom. The number of fused-ring (bicyclic) bond motifs is 1. The minimum absolute atomic E-state index is 0.247. The molecule has 0 aliphatic heterocycles. The van der Waals surface area contributed by atoms with Gasteiger partial charge >= 0.3 is 6.36 Å². The summed E-state index contributed by atoms with van der Waals surface area (Å²) in [6.07, 6.45) is 7.32. The molecule has 0 bridgehead atoms. The van der Waals surface area contributed by atoms with E-state index in [2.05, 4.69) is 23.5 Å². The Balaban J connectivity index is 1.38. The molecular formula is C29H32F4O. The molecule has 4 rings (SSSR count). The van der Waals surface area contributed by atoms with Gasteiger partial charge in [-0.3, -0.25) is 0 Å². The van der Waals surface area contributed by atoms with Crippen LogP contribution in [-0.2, 0) is 12.8 Å². The van der Waals surface area contributed by atoms with Crippen LogP contribution in [0.3, 0.4) is 0 Å². The van der Waals surface area contributed by atoms with E-state index >= 15 is 4.39 Å². The molecule has 1 fully saturated rings. The fourth-order valence-electron chi connectivity index (χ4n) is 5.66. The first kappa shape index (κ1) is 24.6. The summed E-state index contributed by atoms with van der Waals surface area (Å²) in [6, 6.07) is 9.04. The van der Waals surface area contributed by atoms with Crippen molar-refractivity contribution in [3.63, 3.8) is 0 Å². The number of benzene rings is 2. The van der Waals surface area contributed by atoms with Gasteiger partial charge in [0.25, 0.3) is 0 Å². The number of halogens is 4. The van der Waals surface area contributed by atoms with Crippen LogP contribution in [0.2, 0.25) is 0 Å². The number of rotatable bonds is 5. The van der Waals surface area contributed by atoms with Crippen LogP contribution in [0.15, 0.2) is 36.4 Å². The van der Waals surface area contributed by atoms with E-state index in [0.717, 1.165) is 42.2 Å². The van der Waals surface area contributed by atoms with Gasteiger partial charge in [0.15, 0.2) is 0 Å². The normalized spacial score (nSPS) is 22.4. The van der Waals surface area contributed by atoms with E-state index in [-0.39, 0.29) is 11.6 Å². The third kappa shape index (κ3) is 6.34. The monoisotopic (exact) mass is 472 g/mol. The molecule has 5 heteroatoms. The number of unbranched alkanes of at least 4 members (excludes halogenated alkanes) is 1. The maximum absolute atomic E-state index is 15.2. The topological polar surface area (TPSA) is 9.23 Å². The third-order valence-corrected chi connectivity index (χ3v) is 7.54. The molecule has 1 unspecified atom stereocenters. The third-order valence-electron chi connectivity index (χ3n) is 7.54. The lowest BCUT2D eigenvalue weighted by atomic mass is 9.69. The van der Waals surface area contributed by atoms with Crippen molar-refractivity contribution in [2.24, 2.45) is 17.8 Å². The Morgan fingerprint density at radius 3 is 2.32 bits per heavy atom. The van der Waals surface area contributed by atoms with Gasteiger partial charge in [-0.2, -0.15) is 0 Å². The molecule has 0 aromatic heterocycles. The van der Waals surface area contributed by atoms with Gasteiger partial charge in [-0.15, -0.1) is 13.2 Å². The SMILES string of the molecule is CCCCC1CCC(C2CCc3c(ccc(C#Cc4ccc(OC(F)(F)F)cc4)c3F)C2)CC1. The first-order valence-electron chi connectivity index (χ1n) is 12.5. The van der Waals surface area contributed by atoms with Crippen LogP contribution in [-0.4, -0.2) is 6.36 Å². The molecule has 1 saturated carbocycles. The van der Waals surface area contributed by atoms with Crippen LogP contribution < -0.4 is 4.74 Å². The molecule has 2 aliphatic rings. The highest BCUT2D eigenvalue weighted by Gasteiger charge is 2.32. The van der Waals surface area contributed by atoms with Crippen molar-refractivity contribution < 1.29 is 22.3 Å². The molecule has 1 nitrogen and oxygen atoms in total. The van der Waals surface area contributed by atoms with Gasteiger partial charge in [0.1, 0.15) is 11.6 Å². The van der Waals surface area contributed by atoms with Crippen LogP contribution in [0.1, 0.15) is 80.5 Å². The van der Waals surface area contributed by atoms with E-state index in [1.807, 2.05) is 6.07 Å². The van der Waals surface area contributed by atoms with Crippen molar-refractivity contribution in [3.05, 3.63) is 64.5 Å². The Hall–Kier alpha value is -2.48. The molecule has 0 spiro atoms. The average Bonchev–Trinajstić information content (AvgIpc) is 2.82. The van der Waals surface area contributed by atoms with E-state index in [0.29, 0.717) is 17.0 Å². The summed E-state index contributed by atoms with van der Waals surface area (Å²) < 4.78 is 55.9. The molecule has 0 amide bonds. The predicted octanol–water partition coefficient (Wildman–Crippen LogP) is 8.23. The number of ether oxygens (including phenoxy) is 1. The van der Waals surface area contributed by atoms with Crippen LogP contribution in [0.4, 0.5) is 17.6 Å². The lowest BCUT2D eigenvalue weighted by Gasteiger charge is -2.36. The van der Waals surface area contributed by atoms with Gasteiger partial charge < -0.3 is 4.74 Å². The van der Waals surface area contributed by atoms with Crippen LogP contribution in [0.5, 0.6) is 5.75 Å². The first-order chi connectivity index (χ1) is 16.3. The van der Waals surface area contributed by atoms with Gasteiger partial charge in [-0.05, 0) is 91.3 Å². The predicted molar refractivity (Wildman–Crippen MR) is 126 cm³/mol. The quantitative estimate of drug-likeness (QED) is 0.315. The van der Waals surface area contributed by atoms with Crippen LogP contribution in [0, 0.1) is 35.4 Å². The van der Waals surface area contributed by atoms with Gasteiger partial charge in [-0.25, -0.2) is 4.39 Å². The van der Waals surface area contributed by atoms with Gasteiger partial charge in [-0.1, -0.05) is 56.9 Å². The highest BCUT2D eigenvalue weighted by atomic mass is 19.4. The number of hydrogen-bond acceptors (Lipinski definition) is 1. The maximum atomic E-state index is 15.2. The highest BCUT2D eigenvalue weighted by Crippen LogP contribution is 2.41. The van der Waals surface area contributed by atoms with Crippen LogP contribution in [0.25, 0.3) is 0 Å².